The molecule has 4 rings (SSSR count). The number of amides is 1. The predicted molar refractivity (Wildman–Crippen MR) is 160 cm³/mol. The van der Waals surface area contributed by atoms with Crippen LogP contribution in [0, 0.1) is 0 Å². The number of carbonyl (C=O) groups excluding carboxylic acids is 1. The summed E-state index contributed by atoms with van der Waals surface area (Å²) in [5, 5.41) is 12.6. The lowest BCUT2D eigenvalue weighted by atomic mass is 9.84. The van der Waals surface area contributed by atoms with Gasteiger partial charge in [-0.25, -0.2) is 9.59 Å². The predicted octanol–water partition coefficient (Wildman–Crippen LogP) is 6.20. The first-order valence-corrected chi connectivity index (χ1v) is 15.4. The highest BCUT2D eigenvalue weighted by Crippen LogP contribution is 2.48. The molecule has 1 unspecified atom stereocenters. The van der Waals surface area contributed by atoms with Crippen molar-refractivity contribution < 1.29 is 19.4 Å². The molecule has 0 radical (unpaired) electrons. The van der Waals surface area contributed by atoms with Gasteiger partial charge < -0.3 is 15.2 Å². The summed E-state index contributed by atoms with van der Waals surface area (Å²) in [4.78, 5) is 26.0. The number of nitrogens with one attached hydrogen (secondary N) is 1. The van der Waals surface area contributed by atoms with Crippen molar-refractivity contribution in [2.45, 2.75) is 15.7 Å². The van der Waals surface area contributed by atoms with Crippen LogP contribution in [0.1, 0.15) is 16.7 Å². The molecule has 0 spiro atoms. The quantitative estimate of drug-likeness (QED) is 0.160. The lowest BCUT2D eigenvalue weighted by Crippen LogP contribution is -2.44. The van der Waals surface area contributed by atoms with Crippen molar-refractivity contribution in [1.82, 2.24) is 5.32 Å². The number of alkyl carbamates (subject to hydrolysis) is 1. The summed E-state index contributed by atoms with van der Waals surface area (Å²) < 4.78 is 4.70. The second-order valence-corrected chi connectivity index (χ2v) is 12.3. The minimum atomic E-state index is -1.13. The number of carboxylic acid groups (broad SMARTS) is 1. The van der Waals surface area contributed by atoms with Crippen molar-refractivity contribution in [3.05, 3.63) is 138 Å². The van der Waals surface area contributed by atoms with Crippen molar-refractivity contribution >= 4 is 34.7 Å². The zero-order valence-corrected chi connectivity index (χ0v) is 23.4. The Bertz CT molecular complexity index is 1220. The first kappa shape index (κ1) is 28.3. The van der Waals surface area contributed by atoms with Crippen LogP contribution in [0.5, 0.6) is 0 Å². The van der Waals surface area contributed by atoms with Crippen LogP contribution in [-0.2, 0) is 25.2 Å². The normalized spacial score (nSPS) is 12.7. The molecule has 2 N–H and O–H groups in total. The molecule has 0 aliphatic rings. The van der Waals surface area contributed by atoms with Crippen LogP contribution in [0.3, 0.4) is 0 Å². The van der Waals surface area contributed by atoms with E-state index >= 15 is 0 Å². The molecular weight excluding hydrogens is 526 g/mol. The van der Waals surface area contributed by atoms with Crippen LogP contribution in [0.2, 0.25) is 0 Å². The Hall–Kier alpha value is -3.68. The Labute approximate surface area is 237 Å². The van der Waals surface area contributed by atoms with Gasteiger partial charge in [0.1, 0.15) is 24.7 Å². The average molecular weight is 559 g/mol. The number of aliphatic carboxylic acids is 1. The molecule has 39 heavy (non-hydrogen) atoms. The fourth-order valence-corrected chi connectivity index (χ4v) is 7.11. The molecule has 2 atom stereocenters. The highest BCUT2D eigenvalue weighted by molar-refractivity contribution is 8.00. The number of ether oxygens (including phenoxy) is 1. The number of carbonyl (C=O) groups is 2. The van der Waals surface area contributed by atoms with Gasteiger partial charge in [0.05, 0.1) is 4.75 Å². The van der Waals surface area contributed by atoms with Crippen LogP contribution in [-0.4, -0.2) is 47.6 Å². The summed E-state index contributed by atoms with van der Waals surface area (Å²) in [6.07, 6.45) is 1.38. The number of rotatable bonds is 12. The van der Waals surface area contributed by atoms with Crippen molar-refractivity contribution in [1.29, 1.82) is 0 Å². The standard InChI is InChI=1S/C32H31NO4S2/c1-39(28-20-12-5-13-21-28)23-22-37-31(36)33-29(30(34)35)24-38-32(25-14-6-2-7-15-25,26-16-8-3-9-17-26)27-18-10-4-11-19-27/h2-21,29H,22-24H2,1H3,(H-,33,34,35,36)/p+1/t29-,39?/m0/s1. The molecule has 0 aromatic heterocycles. The molecule has 4 aromatic rings. The van der Waals surface area contributed by atoms with E-state index in [9.17, 15) is 14.7 Å². The number of thioether (sulfide) groups is 1. The first-order chi connectivity index (χ1) is 19.0. The topological polar surface area (TPSA) is 75.6 Å². The summed E-state index contributed by atoms with van der Waals surface area (Å²) in [5.74, 6) is -0.309. The van der Waals surface area contributed by atoms with Gasteiger partial charge >= 0.3 is 12.1 Å². The third kappa shape index (κ3) is 7.25. The maximum absolute atomic E-state index is 12.6. The Morgan fingerprint density at radius 2 is 1.23 bits per heavy atom. The summed E-state index contributed by atoms with van der Waals surface area (Å²) in [6, 6.07) is 39.0. The fraction of sp³-hybridized carbons (Fsp3) is 0.188. The van der Waals surface area contributed by atoms with Crippen LogP contribution in [0.15, 0.2) is 126 Å². The highest BCUT2D eigenvalue weighted by atomic mass is 32.2. The van der Waals surface area contributed by atoms with Crippen molar-refractivity contribution in [2.75, 3.05) is 24.4 Å². The molecular formula is C32H32NO4S2+. The molecule has 1 amide bonds. The van der Waals surface area contributed by atoms with Gasteiger partial charge in [-0.3, -0.25) is 0 Å². The van der Waals surface area contributed by atoms with E-state index in [-0.39, 0.29) is 23.3 Å². The number of hydrogen-bond donors (Lipinski definition) is 2. The molecule has 200 valence electrons. The van der Waals surface area contributed by atoms with Gasteiger partial charge in [-0.1, -0.05) is 109 Å². The number of carboxylic acids is 1. The molecule has 4 aromatic carbocycles. The van der Waals surface area contributed by atoms with E-state index in [4.69, 9.17) is 4.74 Å². The Morgan fingerprint density at radius 1 is 0.795 bits per heavy atom. The second-order valence-electron chi connectivity index (χ2n) is 8.92. The van der Waals surface area contributed by atoms with E-state index in [0.717, 1.165) is 16.7 Å². The fourth-order valence-electron chi connectivity index (χ4n) is 4.37. The third-order valence-electron chi connectivity index (χ3n) is 6.37. The summed E-state index contributed by atoms with van der Waals surface area (Å²) in [6.45, 7) is 0.210. The van der Waals surface area contributed by atoms with Crippen LogP contribution < -0.4 is 5.32 Å². The lowest BCUT2D eigenvalue weighted by molar-refractivity contribution is -0.138. The van der Waals surface area contributed by atoms with E-state index in [0.29, 0.717) is 5.75 Å². The van der Waals surface area contributed by atoms with E-state index in [1.807, 2.05) is 72.8 Å². The van der Waals surface area contributed by atoms with E-state index in [1.54, 1.807) is 0 Å². The van der Waals surface area contributed by atoms with Gasteiger partial charge in [-0.2, -0.15) is 0 Å². The molecule has 0 heterocycles. The Kier molecular flexibility index (Phi) is 10.1. The Morgan fingerprint density at radius 3 is 1.67 bits per heavy atom. The number of benzene rings is 4. The molecule has 0 saturated heterocycles. The molecule has 0 saturated carbocycles. The smallest absolute Gasteiger partial charge is 0.408 e. The molecule has 7 heteroatoms. The van der Waals surface area contributed by atoms with Gasteiger partial charge in [-0.05, 0) is 28.8 Å². The van der Waals surface area contributed by atoms with E-state index in [2.05, 4.69) is 60.1 Å². The Balaban J connectivity index is 1.51. The van der Waals surface area contributed by atoms with Crippen molar-refractivity contribution in [2.24, 2.45) is 0 Å². The summed E-state index contributed by atoms with van der Waals surface area (Å²) >= 11 is 1.48. The minimum absolute atomic E-state index is 0.0756. The van der Waals surface area contributed by atoms with Crippen LogP contribution >= 0.6 is 11.8 Å². The maximum Gasteiger partial charge on any atom is 0.408 e. The third-order valence-corrected chi connectivity index (χ3v) is 9.86. The average Bonchev–Trinajstić information content (AvgIpc) is 2.99. The molecule has 0 aliphatic carbocycles. The first-order valence-electron chi connectivity index (χ1n) is 12.6. The van der Waals surface area contributed by atoms with Gasteiger partial charge in [-0.15, -0.1) is 11.8 Å². The number of hydrogen-bond acceptors (Lipinski definition) is 4. The van der Waals surface area contributed by atoms with Gasteiger partial charge in [0, 0.05) is 16.6 Å². The van der Waals surface area contributed by atoms with Gasteiger partial charge in [0.25, 0.3) is 0 Å². The van der Waals surface area contributed by atoms with E-state index in [1.165, 1.54) is 16.7 Å². The van der Waals surface area contributed by atoms with Gasteiger partial charge in [0.2, 0.25) is 0 Å². The maximum atomic E-state index is 12.6. The summed E-state index contributed by atoms with van der Waals surface area (Å²) in [5.41, 5.74) is 3.07. The molecule has 0 bridgehead atoms. The minimum Gasteiger partial charge on any atom is -0.480 e. The molecule has 0 aliphatic heterocycles. The zero-order chi connectivity index (χ0) is 27.5. The largest absolute Gasteiger partial charge is 0.480 e. The monoisotopic (exact) mass is 558 g/mol. The van der Waals surface area contributed by atoms with Crippen molar-refractivity contribution in [3.8, 4) is 0 Å². The van der Waals surface area contributed by atoms with Crippen LogP contribution in [0.25, 0.3) is 0 Å². The SMILES string of the molecule is C[S+](CCOC(=O)N[C@@H](CSC(c1ccccc1)(c1ccccc1)c1ccccc1)C(=O)O)c1ccccc1. The van der Waals surface area contributed by atoms with Crippen LogP contribution in [0.4, 0.5) is 4.79 Å². The molecule has 0 fully saturated rings. The van der Waals surface area contributed by atoms with Crippen molar-refractivity contribution in [3.63, 3.8) is 0 Å². The second kappa shape index (κ2) is 13.9. The lowest BCUT2D eigenvalue weighted by Gasteiger charge is -2.36. The zero-order valence-electron chi connectivity index (χ0n) is 21.7. The summed E-state index contributed by atoms with van der Waals surface area (Å²) in [7, 11) is -0.0756. The highest BCUT2D eigenvalue weighted by Gasteiger charge is 2.38. The molecule has 5 nitrogen and oxygen atoms in total. The van der Waals surface area contributed by atoms with Gasteiger partial charge in [0.15, 0.2) is 4.90 Å². The van der Waals surface area contributed by atoms with E-state index < -0.39 is 22.9 Å².